The summed E-state index contributed by atoms with van der Waals surface area (Å²) in [5.74, 6) is 0.585. The number of aryl methyl sites for hydroxylation is 1. The topological polar surface area (TPSA) is 38.0 Å². The Morgan fingerprint density at radius 1 is 1.62 bits per heavy atom. The van der Waals surface area contributed by atoms with Gasteiger partial charge in [-0.2, -0.15) is 5.10 Å². The van der Waals surface area contributed by atoms with Gasteiger partial charge in [-0.25, -0.2) is 0 Å². The lowest BCUT2D eigenvalue weighted by Gasteiger charge is -2.03. The molecule has 1 aromatic heterocycles. The lowest BCUT2D eigenvalue weighted by Crippen LogP contribution is -2.02. The number of nitrogens with zero attached hydrogens (tertiary/aromatic N) is 2. The van der Waals surface area contributed by atoms with E-state index in [1.165, 1.54) is 12.8 Å². The first-order chi connectivity index (χ1) is 6.27. The summed E-state index contributed by atoms with van der Waals surface area (Å²) in [4.78, 5) is 0. The van der Waals surface area contributed by atoms with Gasteiger partial charge in [0.1, 0.15) is 0 Å². The maximum Gasteiger partial charge on any atom is 0.156 e. The fraction of sp³-hybridized carbons (Fsp3) is 0.667. The van der Waals surface area contributed by atoms with Crippen molar-refractivity contribution in [2.45, 2.75) is 38.8 Å². The molecule has 1 aromatic rings. The average molecular weight is 201 g/mol. The molecule has 0 saturated heterocycles. The summed E-state index contributed by atoms with van der Waals surface area (Å²) in [6.45, 7) is 2.87. The van der Waals surface area contributed by atoms with Gasteiger partial charge in [0, 0.05) is 23.7 Å². The monoisotopic (exact) mass is 200 g/mol. The smallest absolute Gasteiger partial charge is 0.156 e. The van der Waals surface area contributed by atoms with Gasteiger partial charge in [0.2, 0.25) is 0 Å². The molecule has 1 heterocycles. The van der Waals surface area contributed by atoms with E-state index in [-0.39, 0.29) is 6.61 Å². The minimum Gasteiger partial charge on any atom is -0.391 e. The third-order valence-electron chi connectivity index (χ3n) is 2.47. The van der Waals surface area contributed by atoms with E-state index < -0.39 is 0 Å². The quantitative estimate of drug-likeness (QED) is 0.810. The highest BCUT2D eigenvalue weighted by Crippen LogP contribution is 2.43. The highest BCUT2D eigenvalue weighted by atomic mass is 35.5. The van der Waals surface area contributed by atoms with Crippen molar-refractivity contribution in [1.29, 1.82) is 0 Å². The van der Waals surface area contributed by atoms with E-state index >= 15 is 0 Å². The van der Waals surface area contributed by atoms with Crippen molar-refractivity contribution in [3.05, 3.63) is 16.4 Å². The zero-order valence-electron chi connectivity index (χ0n) is 7.63. The Kier molecular flexibility index (Phi) is 2.30. The third kappa shape index (κ3) is 1.46. The lowest BCUT2D eigenvalue weighted by molar-refractivity contribution is 0.280. The van der Waals surface area contributed by atoms with E-state index in [1.54, 1.807) is 0 Å². The highest BCUT2D eigenvalue weighted by Gasteiger charge is 2.31. The predicted octanol–water partition coefficient (Wildman–Crippen LogP) is 1.93. The van der Waals surface area contributed by atoms with E-state index in [1.807, 2.05) is 11.6 Å². The first-order valence-electron chi connectivity index (χ1n) is 4.63. The summed E-state index contributed by atoms with van der Waals surface area (Å²) in [6.07, 6.45) is 2.41. The molecule has 72 valence electrons. The van der Waals surface area contributed by atoms with Gasteiger partial charge in [-0.3, -0.25) is 4.68 Å². The minimum atomic E-state index is 0.00463. The van der Waals surface area contributed by atoms with E-state index in [2.05, 4.69) is 5.10 Å². The molecule has 0 amide bonds. The van der Waals surface area contributed by atoms with Crippen LogP contribution in [0.5, 0.6) is 0 Å². The van der Waals surface area contributed by atoms with Gasteiger partial charge < -0.3 is 5.11 Å². The van der Waals surface area contributed by atoms with Crippen molar-refractivity contribution in [2.75, 3.05) is 0 Å². The van der Waals surface area contributed by atoms with Gasteiger partial charge in [0.25, 0.3) is 0 Å². The van der Waals surface area contributed by atoms with Crippen LogP contribution in [0.3, 0.4) is 0 Å². The first kappa shape index (κ1) is 9.03. The van der Waals surface area contributed by atoms with Crippen LogP contribution in [0.4, 0.5) is 0 Å². The van der Waals surface area contributed by atoms with E-state index in [0.717, 1.165) is 17.8 Å². The maximum atomic E-state index is 9.15. The van der Waals surface area contributed by atoms with E-state index in [0.29, 0.717) is 11.1 Å². The molecule has 13 heavy (non-hydrogen) atoms. The van der Waals surface area contributed by atoms with Crippen molar-refractivity contribution in [2.24, 2.45) is 0 Å². The molecule has 0 unspecified atom stereocenters. The zero-order valence-corrected chi connectivity index (χ0v) is 8.38. The third-order valence-corrected chi connectivity index (χ3v) is 2.77. The molecule has 2 rings (SSSR count). The number of halogens is 1. The largest absolute Gasteiger partial charge is 0.391 e. The molecule has 0 radical (unpaired) electrons. The van der Waals surface area contributed by atoms with Crippen molar-refractivity contribution >= 4 is 11.6 Å². The standard InChI is InChI=1S/C9H13ClN2O/c1-2-12-8(6-3-4-6)7(5-13)9(10)11-12/h6,13H,2-5H2,1H3. The van der Waals surface area contributed by atoms with Gasteiger partial charge >= 0.3 is 0 Å². The predicted molar refractivity (Wildman–Crippen MR) is 50.8 cm³/mol. The molecule has 0 aromatic carbocycles. The molecule has 1 aliphatic carbocycles. The Bertz CT molecular complexity index is 318. The molecular formula is C9H13ClN2O. The minimum absolute atomic E-state index is 0.00463. The second kappa shape index (κ2) is 3.31. The lowest BCUT2D eigenvalue weighted by atomic mass is 10.2. The second-order valence-electron chi connectivity index (χ2n) is 3.40. The summed E-state index contributed by atoms with van der Waals surface area (Å²) in [6, 6.07) is 0. The Labute approximate surface area is 82.3 Å². The molecule has 1 aliphatic rings. The molecule has 0 bridgehead atoms. The molecule has 0 aliphatic heterocycles. The Morgan fingerprint density at radius 2 is 2.31 bits per heavy atom. The summed E-state index contributed by atoms with van der Waals surface area (Å²) in [7, 11) is 0. The first-order valence-corrected chi connectivity index (χ1v) is 5.01. The fourth-order valence-corrected chi connectivity index (χ4v) is 1.93. The number of aliphatic hydroxyl groups is 1. The van der Waals surface area contributed by atoms with Crippen LogP contribution < -0.4 is 0 Å². The summed E-state index contributed by atoms with van der Waals surface area (Å²) in [5, 5.41) is 13.8. The molecule has 1 saturated carbocycles. The molecule has 1 N–H and O–H groups in total. The van der Waals surface area contributed by atoms with Crippen LogP contribution in [0.15, 0.2) is 0 Å². The van der Waals surface area contributed by atoms with Crippen molar-refractivity contribution in [1.82, 2.24) is 9.78 Å². The average Bonchev–Trinajstić information content (AvgIpc) is 2.90. The van der Waals surface area contributed by atoms with Crippen LogP contribution in [0, 0.1) is 0 Å². The van der Waals surface area contributed by atoms with Crippen molar-refractivity contribution in [3.63, 3.8) is 0 Å². The van der Waals surface area contributed by atoms with Crippen LogP contribution in [-0.4, -0.2) is 14.9 Å². The highest BCUT2D eigenvalue weighted by molar-refractivity contribution is 6.30. The molecular weight excluding hydrogens is 188 g/mol. The van der Waals surface area contributed by atoms with Gasteiger partial charge in [-0.05, 0) is 19.8 Å². The van der Waals surface area contributed by atoms with E-state index in [9.17, 15) is 0 Å². The van der Waals surface area contributed by atoms with Crippen LogP contribution in [0.25, 0.3) is 0 Å². The number of hydrogen-bond donors (Lipinski definition) is 1. The van der Waals surface area contributed by atoms with Crippen LogP contribution >= 0.6 is 11.6 Å². The Morgan fingerprint density at radius 3 is 2.77 bits per heavy atom. The number of rotatable bonds is 3. The van der Waals surface area contributed by atoms with Crippen LogP contribution in [0.1, 0.15) is 36.9 Å². The van der Waals surface area contributed by atoms with Gasteiger partial charge in [0.15, 0.2) is 5.15 Å². The van der Waals surface area contributed by atoms with Gasteiger partial charge in [-0.15, -0.1) is 0 Å². The van der Waals surface area contributed by atoms with Crippen LogP contribution in [-0.2, 0) is 13.2 Å². The summed E-state index contributed by atoms with van der Waals surface area (Å²) in [5.41, 5.74) is 1.97. The molecule has 0 atom stereocenters. The van der Waals surface area contributed by atoms with Gasteiger partial charge in [-0.1, -0.05) is 11.6 Å². The Balaban J connectivity index is 2.45. The number of aromatic nitrogens is 2. The van der Waals surface area contributed by atoms with Crippen molar-refractivity contribution in [3.8, 4) is 0 Å². The van der Waals surface area contributed by atoms with Crippen LogP contribution in [0.2, 0.25) is 5.15 Å². The molecule has 4 heteroatoms. The number of hydrogen-bond acceptors (Lipinski definition) is 2. The zero-order chi connectivity index (χ0) is 9.42. The molecule has 3 nitrogen and oxygen atoms in total. The maximum absolute atomic E-state index is 9.15. The van der Waals surface area contributed by atoms with E-state index in [4.69, 9.17) is 16.7 Å². The SMILES string of the molecule is CCn1nc(Cl)c(CO)c1C1CC1. The second-order valence-corrected chi connectivity index (χ2v) is 3.76. The Hall–Kier alpha value is -0.540. The van der Waals surface area contributed by atoms with Crippen molar-refractivity contribution < 1.29 is 5.11 Å². The van der Waals surface area contributed by atoms with Gasteiger partial charge in [0.05, 0.1) is 6.61 Å². The molecule has 1 fully saturated rings. The summed E-state index contributed by atoms with van der Waals surface area (Å²) >= 11 is 5.91. The fourth-order valence-electron chi connectivity index (χ4n) is 1.68. The summed E-state index contributed by atoms with van der Waals surface area (Å²) < 4.78 is 1.91. The normalized spacial score (nSPS) is 16.5. The molecule has 0 spiro atoms. The number of aliphatic hydroxyl groups excluding tert-OH is 1.